The number of carbonyl (C=O) groups is 1. The molecule has 0 aliphatic heterocycles. The van der Waals surface area contributed by atoms with Crippen molar-refractivity contribution in [2.24, 2.45) is 0 Å². The molecule has 0 amide bonds. The van der Waals surface area contributed by atoms with E-state index in [1.54, 1.807) is 0 Å². The first-order valence-electron chi connectivity index (χ1n) is 3.76. The van der Waals surface area contributed by atoms with Gasteiger partial charge in [0.15, 0.2) is 0 Å². The van der Waals surface area contributed by atoms with Crippen molar-refractivity contribution in [3.8, 4) is 0 Å². The molecule has 4 N–H and O–H groups in total. The van der Waals surface area contributed by atoms with Gasteiger partial charge in [0.2, 0.25) is 0 Å². The second kappa shape index (κ2) is 5.15. The van der Waals surface area contributed by atoms with E-state index in [9.17, 15) is 9.18 Å². The number of hydrogen-bond acceptors (Lipinski definition) is 5. The highest BCUT2D eigenvalue weighted by Crippen LogP contribution is 2.04. The van der Waals surface area contributed by atoms with Gasteiger partial charge in [-0.3, -0.25) is 4.79 Å². The zero-order valence-electron chi connectivity index (χ0n) is 7.09. The molecule has 0 fully saturated rings. The fourth-order valence-corrected chi connectivity index (χ4v) is 0.568. The lowest BCUT2D eigenvalue weighted by Gasteiger charge is -2.19. The average molecular weight is 183 g/mol. The van der Waals surface area contributed by atoms with E-state index in [1.807, 2.05) is 0 Å². The van der Waals surface area contributed by atoms with Crippen molar-refractivity contribution in [1.82, 2.24) is 0 Å². The number of hydrogen-bond donors (Lipinski definition) is 4. The Bertz CT molecular complexity index is 178. The molecule has 0 aromatic carbocycles. The van der Waals surface area contributed by atoms with Crippen LogP contribution < -0.4 is 0 Å². The Hall–Kier alpha value is -0.560. The molecule has 0 heterocycles. The summed E-state index contributed by atoms with van der Waals surface area (Å²) >= 11 is 0. The predicted molar refractivity (Wildman–Crippen MR) is 35.8 cm³/mol. The van der Waals surface area contributed by atoms with Gasteiger partial charge in [-0.05, 0) is 0 Å². The first-order valence-corrected chi connectivity index (χ1v) is 3.18. The summed E-state index contributed by atoms with van der Waals surface area (Å²) in [5.74, 6) is 0. The van der Waals surface area contributed by atoms with E-state index in [0.717, 1.165) is 0 Å². The number of halogens is 1. The highest BCUT2D eigenvalue weighted by Gasteiger charge is 2.25. The second-order valence-electron chi connectivity index (χ2n) is 2.20. The molecule has 12 heavy (non-hydrogen) atoms. The SMILES string of the molecule is [2H][C@@H](C(=O)F)[C@@H](O)[C@H](O)[C@H](O)CO. The Kier molecular flexibility index (Phi) is 4.09. The second-order valence-corrected chi connectivity index (χ2v) is 2.20. The van der Waals surface area contributed by atoms with Gasteiger partial charge in [0.25, 0.3) is 0 Å². The Morgan fingerprint density at radius 2 is 1.92 bits per heavy atom. The van der Waals surface area contributed by atoms with Crippen molar-refractivity contribution < 1.29 is 31.0 Å². The van der Waals surface area contributed by atoms with Crippen LogP contribution in [0.2, 0.25) is 0 Å². The van der Waals surface area contributed by atoms with Crippen molar-refractivity contribution in [3.63, 3.8) is 0 Å². The van der Waals surface area contributed by atoms with Crippen LogP contribution >= 0.6 is 0 Å². The Morgan fingerprint density at radius 3 is 2.25 bits per heavy atom. The molecule has 0 unspecified atom stereocenters. The minimum atomic E-state index is -2.17. The minimum absolute atomic E-state index is 0.856. The molecule has 0 radical (unpaired) electrons. The molecular weight excluding hydrogens is 171 g/mol. The maximum Gasteiger partial charge on any atom is 0.304 e. The van der Waals surface area contributed by atoms with Crippen LogP contribution in [0.4, 0.5) is 4.39 Å². The van der Waals surface area contributed by atoms with Crippen molar-refractivity contribution in [3.05, 3.63) is 0 Å². The van der Waals surface area contributed by atoms with Crippen LogP contribution in [-0.2, 0) is 4.79 Å². The fourth-order valence-electron chi connectivity index (χ4n) is 0.568. The molecule has 0 saturated heterocycles. The van der Waals surface area contributed by atoms with Crippen molar-refractivity contribution >= 4 is 6.04 Å². The third kappa shape index (κ3) is 3.72. The summed E-state index contributed by atoms with van der Waals surface area (Å²) in [4.78, 5) is 9.93. The van der Waals surface area contributed by atoms with E-state index in [1.165, 1.54) is 0 Å². The Labute approximate surface area is 69.5 Å². The zero-order valence-corrected chi connectivity index (χ0v) is 6.09. The molecule has 0 aromatic heterocycles. The maximum absolute atomic E-state index is 11.8. The number of aliphatic hydroxyl groups is 4. The third-order valence-corrected chi connectivity index (χ3v) is 1.23. The van der Waals surface area contributed by atoms with Crippen LogP contribution in [0.5, 0.6) is 0 Å². The lowest BCUT2D eigenvalue weighted by Crippen LogP contribution is -2.40. The summed E-state index contributed by atoms with van der Waals surface area (Å²) in [5.41, 5.74) is 0. The normalized spacial score (nSPS) is 22.2. The van der Waals surface area contributed by atoms with Gasteiger partial charge < -0.3 is 20.4 Å². The molecule has 0 aliphatic carbocycles. The van der Waals surface area contributed by atoms with Gasteiger partial charge in [-0.2, -0.15) is 4.39 Å². The van der Waals surface area contributed by atoms with Gasteiger partial charge in [-0.25, -0.2) is 0 Å². The quantitative estimate of drug-likeness (QED) is 0.368. The fraction of sp³-hybridized carbons (Fsp3) is 0.833. The zero-order chi connectivity index (χ0) is 10.6. The van der Waals surface area contributed by atoms with Crippen molar-refractivity contribution in [2.75, 3.05) is 6.61 Å². The molecule has 6 heteroatoms. The third-order valence-electron chi connectivity index (χ3n) is 1.23. The molecule has 0 saturated carbocycles. The van der Waals surface area contributed by atoms with E-state index in [-0.39, 0.29) is 0 Å². The van der Waals surface area contributed by atoms with E-state index in [2.05, 4.69) is 0 Å². The summed E-state index contributed by atoms with van der Waals surface area (Å²) < 4.78 is 18.5. The van der Waals surface area contributed by atoms with Crippen molar-refractivity contribution in [2.45, 2.75) is 24.7 Å². The molecule has 0 bridgehead atoms. The molecular formula is C6H11FO5. The van der Waals surface area contributed by atoms with E-state index in [0.29, 0.717) is 0 Å². The molecule has 0 aliphatic rings. The molecule has 5 nitrogen and oxygen atoms in total. The Balaban J connectivity index is 4.24. The monoisotopic (exact) mass is 183 g/mol. The summed E-state index contributed by atoms with van der Waals surface area (Å²) in [6.07, 6.45) is -7.86. The van der Waals surface area contributed by atoms with Crippen LogP contribution in [0.25, 0.3) is 0 Å². The summed E-state index contributed by atoms with van der Waals surface area (Å²) in [6.45, 7) is -0.856. The number of aliphatic hydroxyl groups excluding tert-OH is 4. The summed E-state index contributed by atoms with van der Waals surface area (Å²) in [7, 11) is 0. The number of rotatable bonds is 5. The van der Waals surface area contributed by atoms with Crippen LogP contribution in [0.15, 0.2) is 0 Å². The van der Waals surface area contributed by atoms with Gasteiger partial charge in [0.1, 0.15) is 12.2 Å². The molecule has 0 aromatic rings. The maximum atomic E-state index is 11.8. The summed E-state index contributed by atoms with van der Waals surface area (Å²) in [6, 6.07) is -2.11. The van der Waals surface area contributed by atoms with Gasteiger partial charge in [-0.15, -0.1) is 0 Å². The first-order chi connectivity index (χ1) is 5.91. The average Bonchev–Trinajstić information content (AvgIpc) is 2.12. The highest BCUT2D eigenvalue weighted by molar-refractivity contribution is 5.68. The Morgan fingerprint density at radius 1 is 1.42 bits per heavy atom. The topological polar surface area (TPSA) is 98.0 Å². The van der Waals surface area contributed by atoms with E-state index in [4.69, 9.17) is 21.8 Å². The molecule has 72 valence electrons. The van der Waals surface area contributed by atoms with Crippen LogP contribution in [0, 0.1) is 0 Å². The largest absolute Gasteiger partial charge is 0.394 e. The van der Waals surface area contributed by atoms with Gasteiger partial charge >= 0.3 is 6.04 Å². The number of carbonyl (C=O) groups excluding carboxylic acids is 1. The van der Waals surface area contributed by atoms with Gasteiger partial charge in [0.05, 0.1) is 19.1 Å². The van der Waals surface area contributed by atoms with Crippen LogP contribution in [-0.4, -0.2) is 51.4 Å². The smallest absolute Gasteiger partial charge is 0.304 e. The first kappa shape index (κ1) is 9.53. The van der Waals surface area contributed by atoms with Gasteiger partial charge in [-0.1, -0.05) is 0 Å². The lowest BCUT2D eigenvalue weighted by molar-refractivity contribution is -0.136. The van der Waals surface area contributed by atoms with Crippen LogP contribution in [0.3, 0.4) is 0 Å². The van der Waals surface area contributed by atoms with Gasteiger partial charge in [0, 0.05) is 1.37 Å². The van der Waals surface area contributed by atoms with Crippen LogP contribution in [0.1, 0.15) is 7.77 Å². The predicted octanol–water partition coefficient (Wildman–Crippen LogP) is -2.05. The molecule has 0 rings (SSSR count). The minimum Gasteiger partial charge on any atom is -0.394 e. The highest BCUT2D eigenvalue weighted by atomic mass is 19.1. The van der Waals surface area contributed by atoms with Crippen molar-refractivity contribution in [1.29, 1.82) is 0 Å². The van der Waals surface area contributed by atoms with E-state index < -0.39 is 37.4 Å². The standard InChI is InChI=1S/C6H11FO5/c7-5(11)1-3(9)6(12)4(10)2-8/h3-4,6,8-10,12H,1-2H2/t3-,4-,6+/m1/s1/i1D/t1-,3-,4-,6+. The lowest BCUT2D eigenvalue weighted by atomic mass is 10.1. The summed E-state index contributed by atoms with van der Waals surface area (Å²) in [5, 5.41) is 34.9. The molecule has 0 spiro atoms. The van der Waals surface area contributed by atoms with E-state index >= 15 is 0 Å². The molecule has 4 atom stereocenters.